The molecule has 4 aromatic carbocycles. The van der Waals surface area contributed by atoms with E-state index in [2.05, 4.69) is 20.6 Å². The second kappa shape index (κ2) is 20.2. The molecule has 8 rings (SSSR count). The van der Waals surface area contributed by atoms with Crippen molar-refractivity contribution in [1.29, 1.82) is 0 Å². The standard InChI is InChI=1S/C26H27FN2O3.C24H23Cl2FN2O/c1-16(25(30)29-21-5-3-4-19(14-21)26(31)32-2)17-6-8-18(9-7-17)22-12-13-28-24-11-10-20(27)15-23(22)24;1-14(24(30)29-18-7-8-21(25)22(26)13-18)15-2-4-16(5-3-15)19-10-11-28-23-9-6-17(27)12-20(19)23/h3-5,10-18H,6-9H2,1-2H3,(H,29,30);6-16H,2-5H2,1H3,(H,29,30)/t16-,17?,18?;14-,15?,16?/m11/s1. The summed E-state index contributed by atoms with van der Waals surface area (Å²) < 4.78 is 32.3. The van der Waals surface area contributed by atoms with E-state index in [9.17, 15) is 23.2 Å². The molecule has 0 aliphatic heterocycles. The van der Waals surface area contributed by atoms with Gasteiger partial charge in [0, 0.05) is 46.4 Å². The molecule has 6 aromatic rings. The molecule has 0 unspecified atom stereocenters. The minimum atomic E-state index is -0.434. The van der Waals surface area contributed by atoms with Gasteiger partial charge in [-0.15, -0.1) is 0 Å². The predicted octanol–water partition coefficient (Wildman–Crippen LogP) is 12.9. The minimum Gasteiger partial charge on any atom is -0.465 e. The quantitative estimate of drug-likeness (QED) is 0.140. The van der Waals surface area contributed by atoms with Gasteiger partial charge in [-0.2, -0.15) is 0 Å². The molecule has 0 saturated heterocycles. The van der Waals surface area contributed by atoms with E-state index in [4.69, 9.17) is 27.9 Å². The van der Waals surface area contributed by atoms with Gasteiger partial charge >= 0.3 is 5.97 Å². The Kier molecular flexibility index (Phi) is 14.5. The second-order valence-corrected chi connectivity index (χ2v) is 17.4. The number of amides is 2. The lowest BCUT2D eigenvalue weighted by atomic mass is 9.73. The van der Waals surface area contributed by atoms with Crippen molar-refractivity contribution in [2.45, 2.75) is 77.0 Å². The number of nitrogens with zero attached hydrogens (tertiary/aromatic N) is 2. The van der Waals surface area contributed by atoms with Gasteiger partial charge in [-0.3, -0.25) is 19.6 Å². The fraction of sp³-hybridized carbons (Fsp3) is 0.340. The summed E-state index contributed by atoms with van der Waals surface area (Å²) in [5.74, 6) is 0.0609. The molecule has 2 atom stereocenters. The van der Waals surface area contributed by atoms with Crippen LogP contribution < -0.4 is 10.6 Å². The predicted molar refractivity (Wildman–Crippen MR) is 243 cm³/mol. The molecular formula is C50H50Cl2F2N4O4. The molecule has 12 heteroatoms. The molecule has 0 bridgehead atoms. The maximum absolute atomic E-state index is 13.8. The van der Waals surface area contributed by atoms with Gasteiger partial charge in [-0.05, 0) is 171 Å². The van der Waals surface area contributed by atoms with Crippen molar-refractivity contribution in [2.75, 3.05) is 17.7 Å². The fourth-order valence-corrected chi connectivity index (χ4v) is 9.51. The Labute approximate surface area is 370 Å². The first kappa shape index (κ1) is 44.6. The third kappa shape index (κ3) is 10.6. The van der Waals surface area contributed by atoms with Crippen molar-refractivity contribution in [3.8, 4) is 0 Å². The number of halogens is 4. The zero-order chi connectivity index (χ0) is 43.9. The molecule has 0 spiro atoms. The Balaban J connectivity index is 0.000000187. The summed E-state index contributed by atoms with van der Waals surface area (Å²) in [7, 11) is 1.33. The van der Waals surface area contributed by atoms with E-state index >= 15 is 0 Å². The smallest absolute Gasteiger partial charge is 0.337 e. The van der Waals surface area contributed by atoms with Crippen LogP contribution >= 0.6 is 23.2 Å². The van der Waals surface area contributed by atoms with E-state index in [-0.39, 0.29) is 41.2 Å². The Morgan fingerprint density at radius 2 is 1.10 bits per heavy atom. The SMILES string of the molecule is COC(=O)c1cccc(NC(=O)[C@H](C)C2CCC(c3ccnc4ccc(F)cc34)CC2)c1.C[C@@H](C(=O)Nc1ccc(Cl)c(Cl)c1)C1CCC(c2ccnc3ccc(F)cc23)CC1. The first-order valence-electron chi connectivity index (χ1n) is 21.2. The van der Waals surface area contributed by atoms with Gasteiger partial charge in [-0.1, -0.05) is 43.1 Å². The fourth-order valence-electron chi connectivity index (χ4n) is 9.21. The lowest BCUT2D eigenvalue weighted by molar-refractivity contribution is -0.122. The van der Waals surface area contributed by atoms with Crippen molar-refractivity contribution in [2.24, 2.45) is 23.7 Å². The van der Waals surface area contributed by atoms with Crippen molar-refractivity contribution in [1.82, 2.24) is 9.97 Å². The summed E-state index contributed by atoms with van der Waals surface area (Å²) in [5, 5.41) is 8.54. The van der Waals surface area contributed by atoms with Gasteiger partial charge in [0.1, 0.15) is 11.6 Å². The van der Waals surface area contributed by atoms with Crippen molar-refractivity contribution < 1.29 is 27.9 Å². The molecule has 2 aromatic heterocycles. The number of aromatic nitrogens is 2. The van der Waals surface area contributed by atoms with Gasteiger partial charge in [0.05, 0.1) is 33.8 Å². The average Bonchev–Trinajstić information content (AvgIpc) is 3.29. The normalized spacial score (nSPS) is 19.7. The summed E-state index contributed by atoms with van der Waals surface area (Å²) in [6.45, 7) is 3.94. The highest BCUT2D eigenvalue weighted by atomic mass is 35.5. The summed E-state index contributed by atoms with van der Waals surface area (Å²) in [6.07, 6.45) is 11.2. The minimum absolute atomic E-state index is 0.00623. The first-order valence-corrected chi connectivity index (χ1v) is 22.0. The molecule has 2 fully saturated rings. The van der Waals surface area contributed by atoms with Gasteiger partial charge < -0.3 is 15.4 Å². The number of rotatable bonds is 9. The number of hydrogen-bond donors (Lipinski definition) is 2. The number of carbonyl (C=O) groups is 3. The van der Waals surface area contributed by atoms with Crippen LogP contribution in [-0.4, -0.2) is 34.9 Å². The zero-order valence-electron chi connectivity index (χ0n) is 35.0. The largest absolute Gasteiger partial charge is 0.465 e. The summed E-state index contributed by atoms with van der Waals surface area (Å²) in [5.41, 5.74) is 5.58. The highest BCUT2D eigenvalue weighted by Gasteiger charge is 2.32. The van der Waals surface area contributed by atoms with Crippen LogP contribution in [0.5, 0.6) is 0 Å². The monoisotopic (exact) mass is 878 g/mol. The Hall–Kier alpha value is -5.45. The van der Waals surface area contributed by atoms with E-state index in [1.807, 2.05) is 26.0 Å². The maximum Gasteiger partial charge on any atom is 0.337 e. The first-order chi connectivity index (χ1) is 29.9. The lowest BCUT2D eigenvalue weighted by Crippen LogP contribution is -2.29. The number of ether oxygens (including phenoxy) is 1. The average molecular weight is 880 g/mol. The van der Waals surface area contributed by atoms with E-state index in [0.29, 0.717) is 44.7 Å². The summed E-state index contributed by atoms with van der Waals surface area (Å²) >= 11 is 12.0. The molecular weight excluding hydrogens is 829 g/mol. The zero-order valence-corrected chi connectivity index (χ0v) is 36.5. The number of pyridine rings is 2. The number of benzene rings is 4. The van der Waals surface area contributed by atoms with E-state index < -0.39 is 5.97 Å². The van der Waals surface area contributed by atoms with Crippen LogP contribution in [0.2, 0.25) is 10.0 Å². The molecule has 2 amide bonds. The van der Waals surface area contributed by atoms with Crippen molar-refractivity contribution in [3.63, 3.8) is 0 Å². The Morgan fingerprint density at radius 1 is 0.613 bits per heavy atom. The number of methoxy groups -OCH3 is 1. The number of carbonyl (C=O) groups excluding carboxylic acids is 3. The third-order valence-electron chi connectivity index (χ3n) is 12.9. The van der Waals surface area contributed by atoms with E-state index in [1.165, 1.54) is 19.2 Å². The number of hydrogen-bond acceptors (Lipinski definition) is 6. The number of esters is 1. The molecule has 2 aliphatic rings. The van der Waals surface area contributed by atoms with Crippen LogP contribution in [0.15, 0.2) is 103 Å². The van der Waals surface area contributed by atoms with Gasteiger partial charge in [-0.25, -0.2) is 13.6 Å². The molecule has 8 nitrogen and oxygen atoms in total. The van der Waals surface area contributed by atoms with Gasteiger partial charge in [0.25, 0.3) is 0 Å². The highest BCUT2D eigenvalue weighted by Crippen LogP contribution is 2.42. The van der Waals surface area contributed by atoms with E-state index in [1.54, 1.807) is 79.1 Å². The molecule has 0 radical (unpaired) electrons. The third-order valence-corrected chi connectivity index (χ3v) is 13.6. The Bertz CT molecular complexity index is 2570. The maximum atomic E-state index is 13.8. The van der Waals surface area contributed by atoms with Gasteiger partial charge in [0.15, 0.2) is 0 Å². The number of nitrogens with one attached hydrogen (secondary N) is 2. The topological polar surface area (TPSA) is 110 Å². The molecule has 2 aliphatic carbocycles. The van der Waals surface area contributed by atoms with Crippen LogP contribution in [0.1, 0.15) is 98.5 Å². The van der Waals surface area contributed by atoms with Gasteiger partial charge in [0.2, 0.25) is 11.8 Å². The summed E-state index contributed by atoms with van der Waals surface area (Å²) in [6, 6.07) is 25.4. The highest BCUT2D eigenvalue weighted by molar-refractivity contribution is 6.42. The van der Waals surface area contributed by atoms with Crippen LogP contribution in [0, 0.1) is 35.3 Å². The molecule has 322 valence electrons. The van der Waals surface area contributed by atoms with Crippen LogP contribution in [-0.2, 0) is 14.3 Å². The van der Waals surface area contributed by atoms with Crippen molar-refractivity contribution >= 4 is 74.2 Å². The molecule has 62 heavy (non-hydrogen) atoms. The second-order valence-electron chi connectivity index (χ2n) is 16.6. The summed E-state index contributed by atoms with van der Waals surface area (Å²) in [4.78, 5) is 46.0. The number of anilines is 2. The molecule has 2 heterocycles. The van der Waals surface area contributed by atoms with Crippen LogP contribution in [0.25, 0.3) is 21.8 Å². The van der Waals surface area contributed by atoms with E-state index in [0.717, 1.165) is 84.3 Å². The van der Waals surface area contributed by atoms with Crippen LogP contribution in [0.4, 0.5) is 20.2 Å². The number of fused-ring (bicyclic) bond motifs is 2. The Morgan fingerprint density at radius 3 is 1.56 bits per heavy atom. The lowest BCUT2D eigenvalue weighted by Gasteiger charge is -2.32. The van der Waals surface area contributed by atoms with Crippen LogP contribution in [0.3, 0.4) is 0 Å². The molecule has 2 N–H and O–H groups in total. The van der Waals surface area contributed by atoms with Crippen molar-refractivity contribution in [3.05, 3.63) is 142 Å². The molecule has 2 saturated carbocycles.